The number of ether oxygens (including phenoxy) is 1. The van der Waals surface area contributed by atoms with E-state index in [4.69, 9.17) is 4.74 Å². The summed E-state index contributed by atoms with van der Waals surface area (Å²) in [6.45, 7) is 0.881. The van der Waals surface area contributed by atoms with E-state index in [1.54, 1.807) is 30.5 Å². The number of carbonyl (C=O) groups excluding carboxylic acids is 3. The summed E-state index contributed by atoms with van der Waals surface area (Å²) < 4.78 is 4.87. The van der Waals surface area contributed by atoms with Crippen LogP contribution in [0.25, 0.3) is 0 Å². The van der Waals surface area contributed by atoms with Crippen LogP contribution in [0.2, 0.25) is 0 Å². The Kier molecular flexibility index (Phi) is 4.55. The Morgan fingerprint density at radius 3 is 2.70 bits per heavy atom. The largest absolute Gasteiger partial charge is 0.447 e. The number of rotatable bonds is 4. The molecule has 120 valence electrons. The van der Waals surface area contributed by atoms with Crippen molar-refractivity contribution < 1.29 is 19.1 Å². The molecule has 0 bridgehead atoms. The average molecular weight is 313 g/mol. The Bertz CT molecular complexity index is 638. The molecule has 1 aliphatic carbocycles. The first-order chi connectivity index (χ1) is 11.2. The minimum Gasteiger partial charge on any atom is -0.447 e. The summed E-state index contributed by atoms with van der Waals surface area (Å²) >= 11 is 0. The van der Waals surface area contributed by atoms with Crippen molar-refractivity contribution in [1.29, 1.82) is 0 Å². The highest BCUT2D eigenvalue weighted by Crippen LogP contribution is 2.31. The van der Waals surface area contributed by atoms with E-state index in [2.05, 4.69) is 0 Å². The summed E-state index contributed by atoms with van der Waals surface area (Å²) in [7, 11) is 0. The molecule has 2 fully saturated rings. The summed E-state index contributed by atoms with van der Waals surface area (Å²) in [5.74, 6) is -0.962. The Morgan fingerprint density at radius 2 is 2.00 bits per heavy atom. The lowest BCUT2D eigenvalue weighted by Crippen LogP contribution is -2.34. The van der Waals surface area contributed by atoms with E-state index >= 15 is 0 Å². The van der Waals surface area contributed by atoms with Crippen molar-refractivity contribution >= 4 is 17.7 Å². The van der Waals surface area contributed by atoms with E-state index < -0.39 is 5.92 Å². The number of amides is 1. The average Bonchev–Trinajstić information content (AvgIpc) is 2.98. The first-order valence-electron chi connectivity index (χ1n) is 7.90. The molecule has 0 N–H and O–H groups in total. The van der Waals surface area contributed by atoms with Crippen LogP contribution in [-0.4, -0.2) is 35.7 Å². The zero-order valence-corrected chi connectivity index (χ0v) is 12.8. The number of Topliss-reactive ketones (excluding diaryl/α,β-unsaturated/α-hetero) is 2. The maximum atomic E-state index is 12.7. The van der Waals surface area contributed by atoms with Crippen LogP contribution in [0, 0.1) is 11.8 Å². The number of cyclic esters (lactones) is 1. The maximum Gasteiger partial charge on any atom is 0.413 e. The molecule has 23 heavy (non-hydrogen) atoms. The van der Waals surface area contributed by atoms with Crippen molar-refractivity contribution in [3.05, 3.63) is 48.2 Å². The SMILES string of the molecule is O=C1CCC[C@@H](/C=C/N2CCOC2=O)[C@@H]1C(=O)c1ccccc1. The third-order valence-electron chi connectivity index (χ3n) is 4.38. The van der Waals surface area contributed by atoms with Gasteiger partial charge in [0.1, 0.15) is 12.4 Å². The van der Waals surface area contributed by atoms with E-state index in [1.807, 2.05) is 12.1 Å². The smallest absolute Gasteiger partial charge is 0.413 e. The van der Waals surface area contributed by atoms with Gasteiger partial charge in [-0.25, -0.2) is 4.79 Å². The standard InChI is InChI=1S/C18H19NO4/c20-15-8-4-7-13(9-10-19-11-12-23-18(19)22)16(15)17(21)14-5-2-1-3-6-14/h1-3,5-6,9-10,13,16H,4,7-8,11-12H2/b10-9+/t13-,16-/m0/s1. The highest BCUT2D eigenvalue weighted by atomic mass is 16.6. The molecule has 2 atom stereocenters. The molecular formula is C18H19NO4. The summed E-state index contributed by atoms with van der Waals surface area (Å²) in [5.41, 5.74) is 0.562. The third kappa shape index (κ3) is 3.33. The van der Waals surface area contributed by atoms with Crippen molar-refractivity contribution in [3.8, 4) is 0 Å². The lowest BCUT2D eigenvalue weighted by molar-refractivity contribution is -0.124. The van der Waals surface area contributed by atoms with E-state index in [9.17, 15) is 14.4 Å². The molecule has 1 aromatic carbocycles. The van der Waals surface area contributed by atoms with Gasteiger partial charge < -0.3 is 4.74 Å². The number of hydrogen-bond donors (Lipinski definition) is 0. The van der Waals surface area contributed by atoms with Gasteiger partial charge in [0.05, 0.1) is 12.5 Å². The molecule has 2 aliphatic rings. The van der Waals surface area contributed by atoms with Gasteiger partial charge >= 0.3 is 6.09 Å². The van der Waals surface area contributed by atoms with Crippen molar-refractivity contribution in [3.63, 3.8) is 0 Å². The Balaban J connectivity index is 1.79. The van der Waals surface area contributed by atoms with E-state index in [0.717, 1.165) is 12.8 Å². The van der Waals surface area contributed by atoms with Crippen LogP contribution >= 0.6 is 0 Å². The Labute approximate surface area is 134 Å². The molecule has 0 radical (unpaired) electrons. The van der Waals surface area contributed by atoms with Crippen LogP contribution in [0.4, 0.5) is 4.79 Å². The van der Waals surface area contributed by atoms with E-state index in [-0.39, 0.29) is 23.6 Å². The number of ketones is 2. The van der Waals surface area contributed by atoms with Crippen LogP contribution in [0.5, 0.6) is 0 Å². The van der Waals surface area contributed by atoms with Crippen LogP contribution < -0.4 is 0 Å². The first-order valence-corrected chi connectivity index (χ1v) is 7.90. The lowest BCUT2D eigenvalue weighted by Gasteiger charge is -2.27. The molecular weight excluding hydrogens is 294 g/mol. The second kappa shape index (κ2) is 6.77. The zero-order valence-electron chi connectivity index (χ0n) is 12.8. The molecule has 1 heterocycles. The first kappa shape index (κ1) is 15.5. The molecule has 1 saturated heterocycles. The molecule has 0 spiro atoms. The number of allylic oxidation sites excluding steroid dienone is 1. The molecule has 0 unspecified atom stereocenters. The Morgan fingerprint density at radius 1 is 1.22 bits per heavy atom. The van der Waals surface area contributed by atoms with Gasteiger partial charge in [-0.1, -0.05) is 36.4 Å². The van der Waals surface area contributed by atoms with Crippen molar-refractivity contribution in [2.45, 2.75) is 19.3 Å². The molecule has 1 amide bonds. The van der Waals surface area contributed by atoms with Crippen molar-refractivity contribution in [2.24, 2.45) is 11.8 Å². The molecule has 5 nitrogen and oxygen atoms in total. The highest BCUT2D eigenvalue weighted by molar-refractivity contribution is 6.11. The summed E-state index contributed by atoms with van der Waals surface area (Å²) in [4.78, 5) is 38.0. The molecule has 5 heteroatoms. The number of carbonyl (C=O) groups is 3. The quantitative estimate of drug-likeness (QED) is 0.633. The number of hydrogen-bond acceptors (Lipinski definition) is 4. The monoisotopic (exact) mass is 313 g/mol. The van der Waals surface area contributed by atoms with Gasteiger partial charge in [0.15, 0.2) is 5.78 Å². The fraction of sp³-hybridized carbons (Fsp3) is 0.389. The summed E-state index contributed by atoms with van der Waals surface area (Å²) in [6, 6.07) is 8.92. The summed E-state index contributed by atoms with van der Waals surface area (Å²) in [6.07, 6.45) is 5.08. The van der Waals surface area contributed by atoms with Crippen LogP contribution in [0.1, 0.15) is 29.6 Å². The third-order valence-corrected chi connectivity index (χ3v) is 4.38. The van der Waals surface area contributed by atoms with Gasteiger partial charge in [-0.2, -0.15) is 0 Å². The predicted octanol–water partition coefficient (Wildman–Crippen LogP) is 2.82. The molecule has 1 aromatic rings. The highest BCUT2D eigenvalue weighted by Gasteiger charge is 2.36. The fourth-order valence-corrected chi connectivity index (χ4v) is 3.16. The number of benzene rings is 1. The van der Waals surface area contributed by atoms with Crippen molar-refractivity contribution in [1.82, 2.24) is 4.90 Å². The minimum atomic E-state index is -0.652. The zero-order chi connectivity index (χ0) is 16.2. The van der Waals surface area contributed by atoms with Crippen molar-refractivity contribution in [2.75, 3.05) is 13.2 Å². The van der Waals surface area contributed by atoms with Gasteiger partial charge in [-0.05, 0) is 18.8 Å². The van der Waals surface area contributed by atoms with E-state index in [1.165, 1.54) is 4.90 Å². The van der Waals surface area contributed by atoms with Gasteiger partial charge in [-0.3, -0.25) is 14.5 Å². The van der Waals surface area contributed by atoms with Crippen LogP contribution in [-0.2, 0) is 9.53 Å². The van der Waals surface area contributed by atoms with Crippen LogP contribution in [0.3, 0.4) is 0 Å². The second-order valence-corrected chi connectivity index (χ2v) is 5.88. The van der Waals surface area contributed by atoms with Gasteiger partial charge in [-0.15, -0.1) is 0 Å². The number of nitrogens with zero attached hydrogens (tertiary/aromatic N) is 1. The minimum absolute atomic E-state index is 0.0104. The normalized spacial score (nSPS) is 25.0. The maximum absolute atomic E-state index is 12.7. The fourth-order valence-electron chi connectivity index (χ4n) is 3.16. The molecule has 3 rings (SSSR count). The lowest BCUT2D eigenvalue weighted by atomic mass is 9.74. The molecule has 1 aliphatic heterocycles. The van der Waals surface area contributed by atoms with Gasteiger partial charge in [0, 0.05) is 18.2 Å². The second-order valence-electron chi connectivity index (χ2n) is 5.88. The van der Waals surface area contributed by atoms with E-state index in [0.29, 0.717) is 25.1 Å². The van der Waals surface area contributed by atoms with Crippen LogP contribution in [0.15, 0.2) is 42.6 Å². The molecule has 0 aromatic heterocycles. The molecule has 1 saturated carbocycles. The topological polar surface area (TPSA) is 63.7 Å². The Hall–Kier alpha value is -2.43. The summed E-state index contributed by atoms with van der Waals surface area (Å²) in [5, 5.41) is 0. The van der Waals surface area contributed by atoms with Gasteiger partial charge in [0.25, 0.3) is 0 Å². The predicted molar refractivity (Wildman–Crippen MR) is 83.8 cm³/mol. The van der Waals surface area contributed by atoms with Gasteiger partial charge in [0.2, 0.25) is 0 Å².